The fourth-order valence-corrected chi connectivity index (χ4v) is 2.05. The minimum absolute atomic E-state index is 0.00192. The molecule has 0 spiro atoms. The zero-order chi connectivity index (χ0) is 16.9. The van der Waals surface area contributed by atoms with Gasteiger partial charge in [-0.05, 0) is 31.4 Å². The second-order valence-electron chi connectivity index (χ2n) is 5.74. The van der Waals surface area contributed by atoms with Crippen LogP contribution < -0.4 is 10.6 Å². The minimum Gasteiger partial charge on any atom is -0.388 e. The average Bonchev–Trinajstić information content (AvgIpc) is 2.48. The first-order valence-electron chi connectivity index (χ1n) is 7.25. The van der Waals surface area contributed by atoms with Gasteiger partial charge in [-0.1, -0.05) is 44.0 Å². The van der Waals surface area contributed by atoms with Crippen LogP contribution in [0.3, 0.4) is 0 Å². The van der Waals surface area contributed by atoms with Crippen LogP contribution in [0.1, 0.15) is 32.8 Å². The molecule has 0 heterocycles. The van der Waals surface area contributed by atoms with Crippen molar-refractivity contribution in [2.45, 2.75) is 39.7 Å². The number of hydrogen-bond donors (Lipinski definition) is 3. The molecule has 1 aromatic carbocycles. The lowest BCUT2D eigenvalue weighted by Gasteiger charge is -2.29. The van der Waals surface area contributed by atoms with E-state index in [2.05, 4.69) is 10.6 Å². The van der Waals surface area contributed by atoms with Gasteiger partial charge in [-0.3, -0.25) is 9.59 Å². The molecule has 22 heavy (non-hydrogen) atoms. The third-order valence-corrected chi connectivity index (χ3v) is 4.43. The molecule has 5 nitrogen and oxygen atoms in total. The van der Waals surface area contributed by atoms with Crippen LogP contribution in [0.25, 0.3) is 0 Å². The van der Waals surface area contributed by atoms with E-state index in [9.17, 15) is 14.7 Å². The lowest BCUT2D eigenvalue weighted by molar-refractivity contribution is -0.137. The average molecular weight is 327 g/mol. The maximum Gasteiger partial charge on any atom is 0.313 e. The molecule has 3 N–H and O–H groups in total. The molecule has 6 heteroatoms. The molecule has 2 unspecified atom stereocenters. The fourth-order valence-electron chi connectivity index (χ4n) is 1.88. The van der Waals surface area contributed by atoms with Crippen molar-refractivity contribution in [2.75, 3.05) is 11.9 Å². The second kappa shape index (κ2) is 7.61. The quantitative estimate of drug-likeness (QED) is 0.727. The summed E-state index contributed by atoms with van der Waals surface area (Å²) in [6.07, 6.45) is 0.772. The number of hydrogen-bond acceptors (Lipinski definition) is 3. The van der Waals surface area contributed by atoms with Gasteiger partial charge < -0.3 is 15.7 Å². The molecular weight excluding hydrogens is 304 g/mol. The van der Waals surface area contributed by atoms with Crippen LogP contribution in [-0.4, -0.2) is 29.1 Å². The molecule has 1 aromatic rings. The van der Waals surface area contributed by atoms with Gasteiger partial charge in [0.2, 0.25) is 0 Å². The predicted molar refractivity (Wildman–Crippen MR) is 87.9 cm³/mol. The van der Waals surface area contributed by atoms with Gasteiger partial charge in [0.05, 0.1) is 16.3 Å². The number of amides is 2. The smallest absolute Gasteiger partial charge is 0.313 e. The maximum atomic E-state index is 11.9. The lowest BCUT2D eigenvalue weighted by Crippen LogP contribution is -2.47. The van der Waals surface area contributed by atoms with Crippen molar-refractivity contribution in [1.29, 1.82) is 0 Å². The molecule has 1 rings (SSSR count). The molecule has 0 aliphatic carbocycles. The molecule has 122 valence electrons. The number of carbonyl (C=O) groups is 2. The van der Waals surface area contributed by atoms with E-state index in [4.69, 9.17) is 11.6 Å². The zero-order valence-corrected chi connectivity index (χ0v) is 14.1. The van der Waals surface area contributed by atoms with Gasteiger partial charge >= 0.3 is 11.8 Å². The van der Waals surface area contributed by atoms with Crippen LogP contribution in [0.15, 0.2) is 18.2 Å². The predicted octanol–water partition coefficient (Wildman–Crippen LogP) is 2.50. The van der Waals surface area contributed by atoms with Crippen LogP contribution in [-0.2, 0) is 9.59 Å². The van der Waals surface area contributed by atoms with E-state index in [1.807, 2.05) is 13.8 Å². The number of carbonyl (C=O) groups excluding carboxylic acids is 2. The first-order chi connectivity index (χ1) is 10.2. The Hall–Kier alpha value is -1.59. The van der Waals surface area contributed by atoms with E-state index in [1.165, 1.54) is 0 Å². The molecule has 0 bridgehead atoms. The number of anilines is 1. The second-order valence-corrected chi connectivity index (χ2v) is 6.12. The van der Waals surface area contributed by atoms with Crippen molar-refractivity contribution in [3.8, 4) is 0 Å². The highest BCUT2D eigenvalue weighted by atomic mass is 35.5. The third kappa shape index (κ3) is 4.71. The summed E-state index contributed by atoms with van der Waals surface area (Å²) in [5.41, 5.74) is 0.126. The zero-order valence-electron chi connectivity index (χ0n) is 13.4. The van der Waals surface area contributed by atoms with E-state index >= 15 is 0 Å². The number of nitrogens with one attached hydrogen (secondary N) is 2. The van der Waals surface area contributed by atoms with Gasteiger partial charge in [0, 0.05) is 6.54 Å². The Balaban J connectivity index is 2.63. The maximum absolute atomic E-state index is 11.9. The van der Waals surface area contributed by atoms with Crippen molar-refractivity contribution >= 4 is 29.1 Å². The molecule has 2 amide bonds. The topological polar surface area (TPSA) is 78.4 Å². The van der Waals surface area contributed by atoms with Gasteiger partial charge in [0.1, 0.15) is 0 Å². The summed E-state index contributed by atoms with van der Waals surface area (Å²) in [6, 6.07) is 5.17. The lowest BCUT2D eigenvalue weighted by atomic mass is 9.89. The van der Waals surface area contributed by atoms with E-state index in [0.29, 0.717) is 10.7 Å². The number of halogens is 1. The number of aryl methyl sites for hydroxylation is 1. The Morgan fingerprint density at radius 3 is 2.59 bits per heavy atom. The van der Waals surface area contributed by atoms with Crippen molar-refractivity contribution < 1.29 is 14.7 Å². The molecule has 2 atom stereocenters. The summed E-state index contributed by atoms with van der Waals surface area (Å²) in [7, 11) is 0. The summed E-state index contributed by atoms with van der Waals surface area (Å²) in [4.78, 5) is 23.7. The van der Waals surface area contributed by atoms with Crippen LogP contribution >= 0.6 is 11.6 Å². The fraction of sp³-hybridized carbons (Fsp3) is 0.500. The highest BCUT2D eigenvalue weighted by Gasteiger charge is 2.28. The van der Waals surface area contributed by atoms with E-state index in [-0.39, 0.29) is 12.5 Å². The third-order valence-electron chi connectivity index (χ3n) is 3.93. The van der Waals surface area contributed by atoms with Crippen LogP contribution in [0.4, 0.5) is 5.69 Å². The SMILES string of the molecule is CCC(C)C(C)(O)CNC(=O)C(=O)Nc1cccc(C)c1Cl. The van der Waals surface area contributed by atoms with E-state index in [0.717, 1.165) is 12.0 Å². The summed E-state index contributed by atoms with van der Waals surface area (Å²) >= 11 is 6.07. The van der Waals surface area contributed by atoms with Crippen molar-refractivity contribution in [1.82, 2.24) is 5.32 Å². The number of rotatable bonds is 5. The standard InChI is InChI=1S/C16H23ClN2O3/c1-5-11(3)16(4,22)9-18-14(20)15(21)19-12-8-6-7-10(2)13(12)17/h6-8,11,22H,5,9H2,1-4H3,(H,18,20)(H,19,21). The van der Waals surface area contributed by atoms with Crippen molar-refractivity contribution in [3.05, 3.63) is 28.8 Å². The summed E-state index contributed by atoms with van der Waals surface area (Å²) in [5, 5.41) is 15.5. The van der Waals surface area contributed by atoms with Gasteiger partial charge in [-0.25, -0.2) is 0 Å². The van der Waals surface area contributed by atoms with Crippen LogP contribution in [0.5, 0.6) is 0 Å². The van der Waals surface area contributed by atoms with E-state index in [1.54, 1.807) is 32.0 Å². The normalized spacial score (nSPS) is 14.8. The summed E-state index contributed by atoms with van der Waals surface area (Å²) < 4.78 is 0. The molecule has 0 radical (unpaired) electrons. The van der Waals surface area contributed by atoms with Crippen LogP contribution in [0, 0.1) is 12.8 Å². The van der Waals surface area contributed by atoms with Gasteiger partial charge in [0.15, 0.2) is 0 Å². The van der Waals surface area contributed by atoms with Crippen molar-refractivity contribution in [2.24, 2.45) is 5.92 Å². The molecule has 0 fully saturated rings. The Labute approximate surface area is 136 Å². The van der Waals surface area contributed by atoms with Crippen molar-refractivity contribution in [3.63, 3.8) is 0 Å². The molecule has 0 aliphatic rings. The number of benzene rings is 1. The molecule has 0 saturated carbocycles. The van der Waals surface area contributed by atoms with Gasteiger partial charge in [0.25, 0.3) is 0 Å². The Morgan fingerprint density at radius 2 is 2.00 bits per heavy atom. The summed E-state index contributed by atoms with van der Waals surface area (Å²) in [6.45, 7) is 7.29. The molecular formula is C16H23ClN2O3. The molecule has 0 saturated heterocycles. The van der Waals surface area contributed by atoms with Gasteiger partial charge in [-0.2, -0.15) is 0 Å². The minimum atomic E-state index is -1.06. The highest BCUT2D eigenvalue weighted by Crippen LogP contribution is 2.25. The molecule has 0 aromatic heterocycles. The largest absolute Gasteiger partial charge is 0.388 e. The van der Waals surface area contributed by atoms with Gasteiger partial charge in [-0.15, -0.1) is 0 Å². The monoisotopic (exact) mass is 326 g/mol. The summed E-state index contributed by atoms with van der Waals surface area (Å²) in [5.74, 6) is -1.62. The van der Waals surface area contributed by atoms with E-state index < -0.39 is 17.4 Å². The number of aliphatic hydroxyl groups is 1. The van der Waals surface area contributed by atoms with Crippen LogP contribution in [0.2, 0.25) is 5.02 Å². The first-order valence-corrected chi connectivity index (χ1v) is 7.63. The first kappa shape index (κ1) is 18.5. The Bertz CT molecular complexity index is 558. The Kier molecular flexibility index (Phi) is 6.38. The molecule has 0 aliphatic heterocycles. The Morgan fingerprint density at radius 1 is 1.36 bits per heavy atom. The highest BCUT2D eigenvalue weighted by molar-refractivity contribution is 6.41.